The molecule has 0 aromatic carbocycles. The highest BCUT2D eigenvalue weighted by atomic mass is 16.4. The summed E-state index contributed by atoms with van der Waals surface area (Å²) in [5.41, 5.74) is -1.73. The van der Waals surface area contributed by atoms with Crippen molar-refractivity contribution in [1.29, 1.82) is 0 Å². The van der Waals surface area contributed by atoms with Crippen molar-refractivity contribution >= 4 is 11.9 Å². The number of aliphatic carboxylic acids is 1. The Labute approximate surface area is 114 Å². The van der Waals surface area contributed by atoms with E-state index in [4.69, 9.17) is 5.11 Å². The van der Waals surface area contributed by atoms with Crippen molar-refractivity contribution in [3.05, 3.63) is 32.6 Å². The SMILES string of the molecule is CC(C)C[C@@H](NC(=O)c1c[nH]c(=O)n(C)c1=O)C(=O)O. The number of aromatic nitrogens is 2. The van der Waals surface area contributed by atoms with E-state index in [1.54, 1.807) is 0 Å². The zero-order valence-corrected chi connectivity index (χ0v) is 11.5. The monoisotopic (exact) mass is 283 g/mol. The standard InChI is InChI=1S/C12H17N3O5/c1-6(2)4-8(11(18)19)14-9(16)7-5-13-12(20)15(3)10(7)17/h5-6,8H,4H2,1-3H3,(H,13,20)(H,14,16)(H,18,19)/t8-/m1/s1. The molecule has 0 unspecified atom stereocenters. The van der Waals surface area contributed by atoms with E-state index in [1.807, 2.05) is 13.8 Å². The third-order valence-electron chi connectivity index (χ3n) is 2.73. The number of aromatic amines is 1. The molecular formula is C12H17N3O5. The van der Waals surface area contributed by atoms with Crippen LogP contribution in [0.1, 0.15) is 30.6 Å². The van der Waals surface area contributed by atoms with Gasteiger partial charge in [0.25, 0.3) is 11.5 Å². The molecule has 0 aliphatic rings. The fraction of sp³-hybridized carbons (Fsp3) is 0.500. The van der Waals surface area contributed by atoms with Crippen LogP contribution < -0.4 is 16.6 Å². The maximum absolute atomic E-state index is 11.9. The minimum atomic E-state index is -1.17. The van der Waals surface area contributed by atoms with Gasteiger partial charge in [0.2, 0.25) is 0 Å². The predicted octanol–water partition coefficient (Wildman–Crippen LogP) is -0.697. The maximum atomic E-state index is 11.9. The van der Waals surface area contributed by atoms with Gasteiger partial charge in [-0.05, 0) is 12.3 Å². The van der Waals surface area contributed by atoms with Crippen LogP contribution in [-0.2, 0) is 11.8 Å². The van der Waals surface area contributed by atoms with Crippen molar-refractivity contribution in [3.63, 3.8) is 0 Å². The molecular weight excluding hydrogens is 266 g/mol. The number of carbonyl (C=O) groups is 2. The van der Waals surface area contributed by atoms with Crippen LogP contribution in [0.5, 0.6) is 0 Å². The second-order valence-electron chi connectivity index (χ2n) is 4.87. The molecule has 8 heteroatoms. The van der Waals surface area contributed by atoms with E-state index in [1.165, 1.54) is 7.05 Å². The van der Waals surface area contributed by atoms with Crippen molar-refractivity contribution in [3.8, 4) is 0 Å². The third kappa shape index (κ3) is 3.56. The molecule has 110 valence electrons. The molecule has 1 aromatic heterocycles. The molecule has 8 nitrogen and oxygen atoms in total. The van der Waals surface area contributed by atoms with Gasteiger partial charge in [-0.15, -0.1) is 0 Å². The summed E-state index contributed by atoms with van der Waals surface area (Å²) in [7, 11) is 1.22. The Morgan fingerprint density at radius 3 is 2.50 bits per heavy atom. The first kappa shape index (κ1) is 15.7. The highest BCUT2D eigenvalue weighted by molar-refractivity contribution is 5.95. The molecule has 0 fully saturated rings. The molecule has 0 aliphatic heterocycles. The second kappa shape index (κ2) is 6.18. The number of hydrogen-bond acceptors (Lipinski definition) is 4. The fourth-order valence-electron chi connectivity index (χ4n) is 1.66. The van der Waals surface area contributed by atoms with E-state index in [-0.39, 0.29) is 17.9 Å². The predicted molar refractivity (Wildman–Crippen MR) is 70.6 cm³/mol. The number of carboxylic acids is 1. The number of hydrogen-bond donors (Lipinski definition) is 3. The van der Waals surface area contributed by atoms with Crippen molar-refractivity contribution in [1.82, 2.24) is 14.9 Å². The Kier molecular flexibility index (Phi) is 4.84. The Hall–Kier alpha value is -2.38. The highest BCUT2D eigenvalue weighted by Gasteiger charge is 2.23. The Morgan fingerprint density at radius 2 is 2.00 bits per heavy atom. The zero-order chi connectivity index (χ0) is 15.4. The summed E-state index contributed by atoms with van der Waals surface area (Å²) in [6.07, 6.45) is 1.22. The zero-order valence-electron chi connectivity index (χ0n) is 11.5. The first-order chi connectivity index (χ1) is 9.23. The Balaban J connectivity index is 3.01. The van der Waals surface area contributed by atoms with Crippen LogP contribution in [0, 0.1) is 5.92 Å². The molecule has 0 radical (unpaired) electrons. The summed E-state index contributed by atoms with van der Waals surface area (Å²) in [6, 6.07) is -1.08. The molecule has 0 saturated heterocycles. The lowest BCUT2D eigenvalue weighted by atomic mass is 10.0. The lowest BCUT2D eigenvalue weighted by Crippen LogP contribution is -2.45. The summed E-state index contributed by atoms with van der Waals surface area (Å²) in [4.78, 5) is 48.1. The topological polar surface area (TPSA) is 121 Å². The summed E-state index contributed by atoms with van der Waals surface area (Å²) >= 11 is 0. The van der Waals surface area contributed by atoms with Gasteiger partial charge in [0, 0.05) is 13.2 Å². The van der Waals surface area contributed by atoms with Crippen molar-refractivity contribution < 1.29 is 14.7 Å². The quantitative estimate of drug-likeness (QED) is 0.660. The summed E-state index contributed by atoms with van der Waals surface area (Å²) in [5.74, 6) is -1.93. The minimum absolute atomic E-state index is 0.0646. The summed E-state index contributed by atoms with van der Waals surface area (Å²) in [6.45, 7) is 3.64. The van der Waals surface area contributed by atoms with Gasteiger partial charge in [0.1, 0.15) is 11.6 Å². The number of carboxylic acid groups (broad SMARTS) is 1. The summed E-state index contributed by atoms with van der Waals surface area (Å²) < 4.78 is 0.743. The molecule has 3 N–H and O–H groups in total. The van der Waals surface area contributed by atoms with Crippen LogP contribution in [0.25, 0.3) is 0 Å². The van der Waals surface area contributed by atoms with Gasteiger partial charge in [-0.25, -0.2) is 9.59 Å². The molecule has 1 aromatic rings. The lowest BCUT2D eigenvalue weighted by molar-refractivity contribution is -0.139. The van der Waals surface area contributed by atoms with Crippen LogP contribution in [0.4, 0.5) is 0 Å². The fourth-order valence-corrected chi connectivity index (χ4v) is 1.66. The molecule has 1 amide bonds. The number of amides is 1. The molecule has 1 atom stereocenters. The van der Waals surface area contributed by atoms with E-state index in [2.05, 4.69) is 10.3 Å². The molecule has 1 rings (SSSR count). The average Bonchev–Trinajstić information content (AvgIpc) is 2.34. The van der Waals surface area contributed by atoms with Crippen LogP contribution in [-0.4, -0.2) is 32.6 Å². The van der Waals surface area contributed by atoms with Gasteiger partial charge in [-0.3, -0.25) is 14.2 Å². The molecule has 20 heavy (non-hydrogen) atoms. The van der Waals surface area contributed by atoms with Crippen LogP contribution in [0.2, 0.25) is 0 Å². The van der Waals surface area contributed by atoms with Crippen LogP contribution in [0.3, 0.4) is 0 Å². The van der Waals surface area contributed by atoms with Gasteiger partial charge in [-0.1, -0.05) is 13.8 Å². The number of nitrogens with one attached hydrogen (secondary N) is 2. The number of carbonyl (C=O) groups excluding carboxylic acids is 1. The van der Waals surface area contributed by atoms with E-state index in [9.17, 15) is 19.2 Å². The second-order valence-corrected chi connectivity index (χ2v) is 4.87. The van der Waals surface area contributed by atoms with Crippen LogP contribution in [0.15, 0.2) is 15.8 Å². The third-order valence-corrected chi connectivity index (χ3v) is 2.73. The Morgan fingerprint density at radius 1 is 1.40 bits per heavy atom. The van der Waals surface area contributed by atoms with E-state index < -0.39 is 29.2 Å². The van der Waals surface area contributed by atoms with Gasteiger partial charge < -0.3 is 15.4 Å². The van der Waals surface area contributed by atoms with E-state index >= 15 is 0 Å². The van der Waals surface area contributed by atoms with E-state index in [0.717, 1.165) is 10.8 Å². The minimum Gasteiger partial charge on any atom is -0.480 e. The van der Waals surface area contributed by atoms with Gasteiger partial charge >= 0.3 is 11.7 Å². The van der Waals surface area contributed by atoms with Crippen molar-refractivity contribution in [2.24, 2.45) is 13.0 Å². The number of rotatable bonds is 5. The van der Waals surface area contributed by atoms with E-state index in [0.29, 0.717) is 0 Å². The first-order valence-electron chi connectivity index (χ1n) is 6.06. The van der Waals surface area contributed by atoms with Gasteiger partial charge in [-0.2, -0.15) is 0 Å². The van der Waals surface area contributed by atoms with Gasteiger partial charge in [0.15, 0.2) is 0 Å². The maximum Gasteiger partial charge on any atom is 0.328 e. The summed E-state index contributed by atoms with van der Waals surface area (Å²) in [5, 5.41) is 11.3. The molecule has 0 saturated carbocycles. The molecule has 1 heterocycles. The molecule has 0 spiro atoms. The highest BCUT2D eigenvalue weighted by Crippen LogP contribution is 2.05. The van der Waals surface area contributed by atoms with Crippen molar-refractivity contribution in [2.45, 2.75) is 26.3 Å². The molecule has 0 aliphatic carbocycles. The van der Waals surface area contributed by atoms with Crippen LogP contribution >= 0.6 is 0 Å². The number of H-pyrrole nitrogens is 1. The normalized spacial score (nSPS) is 12.2. The van der Waals surface area contributed by atoms with Gasteiger partial charge in [0.05, 0.1) is 0 Å². The lowest BCUT2D eigenvalue weighted by Gasteiger charge is -2.16. The number of nitrogens with zero attached hydrogens (tertiary/aromatic N) is 1. The smallest absolute Gasteiger partial charge is 0.328 e. The average molecular weight is 283 g/mol. The Bertz CT molecular complexity index is 629. The molecule has 0 bridgehead atoms. The first-order valence-corrected chi connectivity index (χ1v) is 6.06. The largest absolute Gasteiger partial charge is 0.480 e. The van der Waals surface area contributed by atoms with Crippen molar-refractivity contribution in [2.75, 3.05) is 0 Å².